The van der Waals surface area contributed by atoms with E-state index in [1.165, 1.54) is 11.5 Å². The molecule has 2 atom stereocenters. The number of rotatable bonds is 2. The number of carbonyl (C=O) groups excluding carboxylic acids is 1. The van der Waals surface area contributed by atoms with E-state index in [4.69, 9.17) is 9.47 Å². The molecule has 4 rings (SSSR count). The number of hydrogen-bond acceptors (Lipinski definition) is 5. The molecule has 2 N–H and O–H groups in total. The third-order valence-corrected chi connectivity index (χ3v) is 3.88. The second kappa shape index (κ2) is 4.38. The molecule has 0 saturated carbocycles. The van der Waals surface area contributed by atoms with E-state index < -0.39 is 5.97 Å². The molecule has 2 aliphatic rings. The first-order chi connectivity index (χ1) is 10.6. The van der Waals surface area contributed by atoms with Gasteiger partial charge in [-0.15, -0.1) is 0 Å². The van der Waals surface area contributed by atoms with Gasteiger partial charge in [0.25, 0.3) is 0 Å². The maximum absolute atomic E-state index is 10.9. The second-order valence-electron chi connectivity index (χ2n) is 5.26. The van der Waals surface area contributed by atoms with Gasteiger partial charge in [-0.2, -0.15) is 0 Å². The Balaban J connectivity index is 1.77. The Labute approximate surface area is 125 Å². The van der Waals surface area contributed by atoms with Gasteiger partial charge >= 0.3 is 5.97 Å². The number of carbonyl (C=O) groups is 1. The summed E-state index contributed by atoms with van der Waals surface area (Å²) >= 11 is 0. The fourth-order valence-electron chi connectivity index (χ4n) is 3.00. The predicted molar refractivity (Wildman–Crippen MR) is 76.1 cm³/mol. The maximum Gasteiger partial charge on any atom is 0.308 e. The first kappa shape index (κ1) is 13.0. The number of fused-ring (bicyclic) bond motifs is 5. The van der Waals surface area contributed by atoms with Gasteiger partial charge in [-0.25, -0.2) is 0 Å². The molecule has 0 saturated heterocycles. The average Bonchev–Trinajstić information content (AvgIpc) is 3.14. The molecule has 3 heterocycles. The minimum absolute atomic E-state index is 0.0374. The smallest absolute Gasteiger partial charge is 0.308 e. The number of aromatic nitrogens is 1. The summed E-state index contributed by atoms with van der Waals surface area (Å²) in [6.07, 6.45) is 3.10. The van der Waals surface area contributed by atoms with Gasteiger partial charge in [-0.3, -0.25) is 9.36 Å². The third kappa shape index (κ3) is 1.67. The monoisotopic (exact) mass is 299 g/mol. The average molecular weight is 299 g/mol. The van der Waals surface area contributed by atoms with Gasteiger partial charge in [0.15, 0.2) is 0 Å². The Morgan fingerprint density at radius 2 is 1.64 bits per heavy atom. The van der Waals surface area contributed by atoms with Gasteiger partial charge in [-0.05, 0) is 24.3 Å². The number of aromatic hydroxyl groups is 2. The van der Waals surface area contributed by atoms with Crippen molar-refractivity contribution in [1.82, 2.24) is 4.57 Å². The van der Waals surface area contributed by atoms with Crippen LogP contribution in [0.3, 0.4) is 0 Å². The summed E-state index contributed by atoms with van der Waals surface area (Å²) in [5.41, 5.74) is 1.78. The van der Waals surface area contributed by atoms with E-state index in [0.717, 1.165) is 0 Å². The van der Waals surface area contributed by atoms with Crippen LogP contribution in [-0.2, 0) is 9.53 Å². The highest BCUT2D eigenvalue weighted by atomic mass is 16.5. The van der Waals surface area contributed by atoms with E-state index in [1.54, 1.807) is 24.3 Å². The molecule has 6 heteroatoms. The molecule has 1 aromatic heterocycles. The molecule has 1 aromatic carbocycles. The Morgan fingerprint density at radius 1 is 1.09 bits per heavy atom. The maximum atomic E-state index is 10.9. The Morgan fingerprint density at radius 3 is 2.14 bits per heavy atom. The summed E-state index contributed by atoms with van der Waals surface area (Å²) in [4.78, 5) is 10.9. The molecule has 0 amide bonds. The van der Waals surface area contributed by atoms with Crippen molar-refractivity contribution in [2.45, 2.75) is 19.1 Å². The van der Waals surface area contributed by atoms with Gasteiger partial charge in [0, 0.05) is 6.92 Å². The summed E-state index contributed by atoms with van der Waals surface area (Å²) in [6.45, 7) is 1.32. The van der Waals surface area contributed by atoms with Crippen LogP contribution in [0.25, 0.3) is 5.69 Å². The molecule has 0 aliphatic carbocycles. The van der Waals surface area contributed by atoms with Crippen LogP contribution in [0.15, 0.2) is 36.4 Å². The minimum atomic E-state index is -0.404. The zero-order chi connectivity index (χ0) is 15.4. The van der Waals surface area contributed by atoms with E-state index in [0.29, 0.717) is 22.6 Å². The van der Waals surface area contributed by atoms with Crippen molar-refractivity contribution in [2.24, 2.45) is 0 Å². The summed E-state index contributed by atoms with van der Waals surface area (Å²) in [7, 11) is 0. The topological polar surface area (TPSA) is 80.9 Å². The fourth-order valence-corrected chi connectivity index (χ4v) is 3.00. The van der Waals surface area contributed by atoms with Gasteiger partial charge in [0.2, 0.25) is 11.8 Å². The van der Waals surface area contributed by atoms with E-state index in [2.05, 4.69) is 0 Å². The number of esters is 1. The fraction of sp³-hybridized carbons (Fsp3) is 0.188. The number of ether oxygens (including phenoxy) is 2. The van der Waals surface area contributed by atoms with Crippen LogP contribution in [0.5, 0.6) is 17.5 Å². The lowest BCUT2D eigenvalue weighted by atomic mass is 10.0. The third-order valence-electron chi connectivity index (χ3n) is 3.88. The predicted octanol–water partition coefficient (Wildman–Crippen LogP) is 2.50. The molecule has 2 aromatic rings. The molecule has 2 unspecified atom stereocenters. The zero-order valence-corrected chi connectivity index (χ0v) is 11.7. The van der Waals surface area contributed by atoms with Crippen LogP contribution in [0, 0.1) is 0 Å². The molecule has 0 fully saturated rings. The van der Waals surface area contributed by atoms with Gasteiger partial charge in [0.05, 0.1) is 16.8 Å². The SMILES string of the molecule is CC(=O)Oc1ccc(-n2c(O)c3c(c2O)C2C=CC3O2)cc1. The van der Waals surface area contributed by atoms with Crippen molar-refractivity contribution in [3.63, 3.8) is 0 Å². The van der Waals surface area contributed by atoms with Crippen molar-refractivity contribution < 1.29 is 24.5 Å². The zero-order valence-electron chi connectivity index (χ0n) is 11.7. The van der Waals surface area contributed by atoms with Crippen molar-refractivity contribution in [2.75, 3.05) is 0 Å². The molecule has 2 bridgehead atoms. The van der Waals surface area contributed by atoms with Crippen LogP contribution in [0.2, 0.25) is 0 Å². The first-order valence-electron chi connectivity index (χ1n) is 6.85. The van der Waals surface area contributed by atoms with Crippen LogP contribution in [0.1, 0.15) is 30.3 Å². The highest BCUT2D eigenvalue weighted by Gasteiger charge is 2.42. The lowest BCUT2D eigenvalue weighted by Crippen LogP contribution is -2.01. The summed E-state index contributed by atoms with van der Waals surface area (Å²) < 4.78 is 11.9. The quantitative estimate of drug-likeness (QED) is 0.506. The minimum Gasteiger partial charge on any atom is -0.494 e. The van der Waals surface area contributed by atoms with Crippen LogP contribution in [0.4, 0.5) is 0 Å². The van der Waals surface area contributed by atoms with E-state index in [9.17, 15) is 15.0 Å². The molecule has 0 spiro atoms. The van der Waals surface area contributed by atoms with E-state index >= 15 is 0 Å². The number of hydrogen-bond donors (Lipinski definition) is 2. The highest BCUT2D eigenvalue weighted by Crippen LogP contribution is 2.55. The van der Waals surface area contributed by atoms with Crippen LogP contribution < -0.4 is 4.74 Å². The molecular formula is C16H13NO5. The lowest BCUT2D eigenvalue weighted by Gasteiger charge is -2.11. The van der Waals surface area contributed by atoms with Crippen molar-refractivity contribution in [3.8, 4) is 23.2 Å². The van der Waals surface area contributed by atoms with Crippen molar-refractivity contribution in [1.29, 1.82) is 0 Å². The molecule has 2 aliphatic heterocycles. The van der Waals surface area contributed by atoms with Crippen LogP contribution >= 0.6 is 0 Å². The van der Waals surface area contributed by atoms with E-state index in [1.807, 2.05) is 12.2 Å². The molecule has 112 valence electrons. The molecular weight excluding hydrogens is 286 g/mol. The van der Waals surface area contributed by atoms with E-state index in [-0.39, 0.29) is 24.0 Å². The van der Waals surface area contributed by atoms with Gasteiger partial charge in [0.1, 0.15) is 18.0 Å². The molecule has 0 radical (unpaired) electrons. The Hall–Kier alpha value is -2.73. The summed E-state index contributed by atoms with van der Waals surface area (Å²) in [5, 5.41) is 20.8. The molecule has 6 nitrogen and oxygen atoms in total. The second-order valence-corrected chi connectivity index (χ2v) is 5.26. The van der Waals surface area contributed by atoms with Crippen molar-refractivity contribution >= 4 is 5.97 Å². The van der Waals surface area contributed by atoms with Crippen molar-refractivity contribution in [3.05, 3.63) is 47.5 Å². The molecule has 22 heavy (non-hydrogen) atoms. The largest absolute Gasteiger partial charge is 0.494 e. The lowest BCUT2D eigenvalue weighted by molar-refractivity contribution is -0.131. The Bertz CT molecular complexity index is 767. The first-order valence-corrected chi connectivity index (χ1v) is 6.85. The number of benzene rings is 1. The van der Waals surface area contributed by atoms with Gasteiger partial charge in [-0.1, -0.05) is 12.2 Å². The standard InChI is InChI=1S/C16H13NO5/c1-8(18)21-10-4-2-9(3-5-10)17-15(19)13-11-6-7-12(22-11)14(13)16(17)20/h2-7,11-12,19-20H,1H3. The van der Waals surface area contributed by atoms with Gasteiger partial charge < -0.3 is 19.7 Å². The summed E-state index contributed by atoms with van der Waals surface area (Å²) in [6, 6.07) is 6.51. The normalized spacial score (nSPS) is 21.1. The summed E-state index contributed by atoms with van der Waals surface area (Å²) in [5.74, 6) is -0.0765. The Kier molecular flexibility index (Phi) is 2.58. The number of nitrogens with zero attached hydrogens (tertiary/aromatic N) is 1. The van der Waals surface area contributed by atoms with Crippen LogP contribution in [-0.4, -0.2) is 20.7 Å². The highest BCUT2D eigenvalue weighted by molar-refractivity contribution is 5.69.